The van der Waals surface area contributed by atoms with Gasteiger partial charge in [0.25, 0.3) is 5.91 Å². The minimum Gasteiger partial charge on any atom is -0.351 e. The highest BCUT2D eigenvalue weighted by Crippen LogP contribution is 2.26. The summed E-state index contributed by atoms with van der Waals surface area (Å²) < 4.78 is 2.07. The molecule has 3 aromatic rings. The van der Waals surface area contributed by atoms with Crippen molar-refractivity contribution in [3.8, 4) is 0 Å². The number of anilines is 1. The standard InChI is InChI=1S/C26H33N3O2/c1-16(2)14-27-26(31)24-13-20-12-22(28-25(30)17(3)4)9-10-23(20)29(24)15-21-11-18(5)7-8-19(21)6/h7-13,16-17H,14-15H2,1-6H3,(H,27,31)(H,28,30). The van der Waals surface area contributed by atoms with E-state index < -0.39 is 0 Å². The maximum absolute atomic E-state index is 13.0. The molecule has 3 rings (SSSR count). The lowest BCUT2D eigenvalue weighted by molar-refractivity contribution is -0.118. The number of rotatable bonds is 7. The fraction of sp³-hybridized carbons (Fsp3) is 0.385. The molecular weight excluding hydrogens is 386 g/mol. The fourth-order valence-corrected chi connectivity index (χ4v) is 3.52. The van der Waals surface area contributed by atoms with Crippen LogP contribution >= 0.6 is 0 Å². The first-order valence-corrected chi connectivity index (χ1v) is 10.9. The molecule has 0 saturated carbocycles. The molecule has 0 atom stereocenters. The minimum atomic E-state index is -0.0954. The van der Waals surface area contributed by atoms with Crippen molar-refractivity contribution >= 4 is 28.4 Å². The number of nitrogens with zero attached hydrogens (tertiary/aromatic N) is 1. The lowest BCUT2D eigenvalue weighted by Crippen LogP contribution is -2.29. The second kappa shape index (κ2) is 9.38. The molecule has 0 saturated heterocycles. The summed E-state index contributed by atoms with van der Waals surface area (Å²) in [5, 5.41) is 6.92. The van der Waals surface area contributed by atoms with Gasteiger partial charge in [-0.15, -0.1) is 0 Å². The van der Waals surface area contributed by atoms with E-state index in [-0.39, 0.29) is 17.7 Å². The summed E-state index contributed by atoms with van der Waals surface area (Å²) in [6.07, 6.45) is 0. The number of nitrogens with one attached hydrogen (secondary N) is 2. The van der Waals surface area contributed by atoms with Crippen LogP contribution in [0.3, 0.4) is 0 Å². The second-order valence-electron chi connectivity index (χ2n) is 9.07. The summed E-state index contributed by atoms with van der Waals surface area (Å²) in [6, 6.07) is 14.1. The molecule has 2 N–H and O–H groups in total. The Morgan fingerprint density at radius 2 is 1.71 bits per heavy atom. The van der Waals surface area contributed by atoms with Gasteiger partial charge in [-0.05, 0) is 55.2 Å². The van der Waals surface area contributed by atoms with Crippen LogP contribution < -0.4 is 10.6 Å². The van der Waals surface area contributed by atoms with Gasteiger partial charge in [-0.1, -0.05) is 51.5 Å². The van der Waals surface area contributed by atoms with Crippen molar-refractivity contribution in [1.29, 1.82) is 0 Å². The number of aryl methyl sites for hydroxylation is 2. The molecule has 0 aliphatic heterocycles. The number of carbonyl (C=O) groups is 2. The molecule has 2 aromatic carbocycles. The molecule has 0 fully saturated rings. The van der Waals surface area contributed by atoms with E-state index in [0.717, 1.165) is 16.6 Å². The Morgan fingerprint density at radius 3 is 2.39 bits per heavy atom. The van der Waals surface area contributed by atoms with Gasteiger partial charge in [-0.3, -0.25) is 9.59 Å². The molecule has 31 heavy (non-hydrogen) atoms. The third kappa shape index (κ3) is 5.35. The minimum absolute atomic E-state index is 0.0240. The van der Waals surface area contributed by atoms with E-state index in [2.05, 4.69) is 61.1 Å². The van der Waals surface area contributed by atoms with Crippen LogP contribution in [0.15, 0.2) is 42.5 Å². The highest BCUT2D eigenvalue weighted by atomic mass is 16.2. The molecule has 0 unspecified atom stereocenters. The number of fused-ring (bicyclic) bond motifs is 1. The van der Waals surface area contributed by atoms with Crippen molar-refractivity contribution in [3.63, 3.8) is 0 Å². The average molecular weight is 420 g/mol. The highest BCUT2D eigenvalue weighted by molar-refractivity contribution is 6.00. The number of hydrogen-bond acceptors (Lipinski definition) is 2. The van der Waals surface area contributed by atoms with Gasteiger partial charge < -0.3 is 15.2 Å². The zero-order chi connectivity index (χ0) is 22.7. The topological polar surface area (TPSA) is 63.1 Å². The van der Waals surface area contributed by atoms with Crippen LogP contribution in [0.25, 0.3) is 10.9 Å². The summed E-state index contributed by atoms with van der Waals surface area (Å²) >= 11 is 0. The lowest BCUT2D eigenvalue weighted by atomic mass is 10.1. The van der Waals surface area contributed by atoms with Gasteiger partial charge in [0.15, 0.2) is 0 Å². The van der Waals surface area contributed by atoms with Gasteiger partial charge in [-0.2, -0.15) is 0 Å². The summed E-state index contributed by atoms with van der Waals surface area (Å²) in [5.74, 6) is 0.174. The van der Waals surface area contributed by atoms with E-state index >= 15 is 0 Å². The average Bonchev–Trinajstić information content (AvgIpc) is 3.06. The molecule has 0 radical (unpaired) electrons. The Morgan fingerprint density at radius 1 is 0.968 bits per heavy atom. The van der Waals surface area contributed by atoms with Gasteiger partial charge in [0.1, 0.15) is 5.69 Å². The van der Waals surface area contributed by atoms with Gasteiger partial charge in [0, 0.05) is 35.6 Å². The molecule has 2 amide bonds. The number of benzene rings is 2. The van der Waals surface area contributed by atoms with Crippen LogP contribution in [0.1, 0.15) is 54.9 Å². The third-order valence-electron chi connectivity index (χ3n) is 5.43. The highest BCUT2D eigenvalue weighted by Gasteiger charge is 2.18. The lowest BCUT2D eigenvalue weighted by Gasteiger charge is -2.14. The first-order chi connectivity index (χ1) is 14.7. The second-order valence-corrected chi connectivity index (χ2v) is 9.07. The molecule has 0 aliphatic carbocycles. The fourth-order valence-electron chi connectivity index (χ4n) is 3.52. The number of amides is 2. The van der Waals surface area contributed by atoms with Gasteiger partial charge in [0.2, 0.25) is 5.91 Å². The monoisotopic (exact) mass is 419 g/mol. The van der Waals surface area contributed by atoms with Crippen LogP contribution in [-0.2, 0) is 11.3 Å². The zero-order valence-electron chi connectivity index (χ0n) is 19.4. The predicted molar refractivity (Wildman–Crippen MR) is 128 cm³/mol. The summed E-state index contributed by atoms with van der Waals surface area (Å²) in [5.41, 5.74) is 5.92. The Labute approximate surface area is 184 Å². The predicted octanol–water partition coefficient (Wildman–Crippen LogP) is 5.29. The van der Waals surface area contributed by atoms with Crippen LogP contribution in [0.2, 0.25) is 0 Å². The molecule has 5 heteroatoms. The maximum atomic E-state index is 13.0. The number of aromatic nitrogens is 1. The van der Waals surface area contributed by atoms with Crippen molar-refractivity contribution < 1.29 is 9.59 Å². The SMILES string of the molecule is Cc1ccc(C)c(Cn2c(C(=O)NCC(C)C)cc3cc(NC(=O)C(C)C)ccc32)c1. The van der Waals surface area contributed by atoms with E-state index in [1.807, 2.05) is 38.1 Å². The summed E-state index contributed by atoms with van der Waals surface area (Å²) in [6.45, 7) is 13.3. The van der Waals surface area contributed by atoms with Crippen LogP contribution in [0.5, 0.6) is 0 Å². The van der Waals surface area contributed by atoms with Crippen molar-refractivity contribution in [2.24, 2.45) is 11.8 Å². The van der Waals surface area contributed by atoms with Crippen LogP contribution in [0.4, 0.5) is 5.69 Å². The molecule has 0 spiro atoms. The van der Waals surface area contributed by atoms with E-state index in [4.69, 9.17) is 0 Å². The Kier molecular flexibility index (Phi) is 6.84. The molecule has 5 nitrogen and oxygen atoms in total. The van der Waals surface area contributed by atoms with E-state index in [0.29, 0.717) is 24.7 Å². The van der Waals surface area contributed by atoms with E-state index in [1.165, 1.54) is 16.7 Å². The molecule has 1 heterocycles. The first-order valence-electron chi connectivity index (χ1n) is 10.9. The maximum Gasteiger partial charge on any atom is 0.267 e. The Hall–Kier alpha value is -3.08. The molecule has 164 valence electrons. The van der Waals surface area contributed by atoms with E-state index in [9.17, 15) is 9.59 Å². The van der Waals surface area contributed by atoms with Crippen molar-refractivity contribution in [1.82, 2.24) is 9.88 Å². The van der Waals surface area contributed by atoms with Gasteiger partial charge >= 0.3 is 0 Å². The normalized spacial score (nSPS) is 11.4. The zero-order valence-corrected chi connectivity index (χ0v) is 19.4. The Bertz CT molecular complexity index is 1110. The van der Waals surface area contributed by atoms with Crippen molar-refractivity contribution in [3.05, 3.63) is 64.8 Å². The van der Waals surface area contributed by atoms with Crippen LogP contribution in [-0.4, -0.2) is 22.9 Å². The quantitative estimate of drug-likeness (QED) is 0.547. The smallest absolute Gasteiger partial charge is 0.267 e. The number of hydrogen-bond donors (Lipinski definition) is 2. The van der Waals surface area contributed by atoms with Crippen LogP contribution in [0, 0.1) is 25.7 Å². The van der Waals surface area contributed by atoms with Gasteiger partial charge in [0.05, 0.1) is 0 Å². The molecule has 0 aliphatic rings. The Balaban J connectivity index is 2.05. The molecular formula is C26H33N3O2. The first kappa shape index (κ1) is 22.6. The largest absolute Gasteiger partial charge is 0.351 e. The summed E-state index contributed by atoms with van der Waals surface area (Å²) in [4.78, 5) is 25.1. The third-order valence-corrected chi connectivity index (χ3v) is 5.43. The molecule has 1 aromatic heterocycles. The summed E-state index contributed by atoms with van der Waals surface area (Å²) in [7, 11) is 0. The van der Waals surface area contributed by atoms with Crippen molar-refractivity contribution in [2.75, 3.05) is 11.9 Å². The van der Waals surface area contributed by atoms with Gasteiger partial charge in [-0.25, -0.2) is 0 Å². The number of carbonyl (C=O) groups excluding carboxylic acids is 2. The molecule has 0 bridgehead atoms. The van der Waals surface area contributed by atoms with E-state index in [1.54, 1.807) is 0 Å². The van der Waals surface area contributed by atoms with Crippen molar-refractivity contribution in [2.45, 2.75) is 48.1 Å².